The highest BCUT2D eigenvalue weighted by molar-refractivity contribution is 5.81. The first-order valence-corrected chi connectivity index (χ1v) is 7.37. The molecule has 2 N–H and O–H groups in total. The molecule has 1 heterocycles. The molecule has 1 amide bonds. The Bertz CT molecular complexity index is 652. The maximum Gasteiger partial charge on any atom is 0.239 e. The summed E-state index contributed by atoms with van der Waals surface area (Å²) in [7, 11) is 4.63. The average molecular weight is 331 g/mol. The van der Waals surface area contributed by atoms with Gasteiger partial charge in [-0.05, 0) is 17.7 Å². The fourth-order valence-electron chi connectivity index (χ4n) is 2.13. The predicted molar refractivity (Wildman–Crippen MR) is 90.7 cm³/mol. The molecule has 0 bridgehead atoms. The number of anilines is 1. The highest BCUT2D eigenvalue weighted by atomic mass is 16.5. The number of ether oxygens (including phenoxy) is 3. The topological polar surface area (TPSA) is 81.7 Å². The van der Waals surface area contributed by atoms with E-state index in [1.807, 2.05) is 12.1 Å². The Balaban J connectivity index is 1.94. The van der Waals surface area contributed by atoms with Crippen molar-refractivity contribution in [2.24, 2.45) is 0 Å². The zero-order chi connectivity index (χ0) is 17.4. The van der Waals surface area contributed by atoms with Crippen molar-refractivity contribution in [2.45, 2.75) is 6.54 Å². The summed E-state index contributed by atoms with van der Waals surface area (Å²) in [5.74, 6) is 1.43. The summed E-state index contributed by atoms with van der Waals surface area (Å²) in [6.45, 7) is 0.585. The summed E-state index contributed by atoms with van der Waals surface area (Å²) in [4.78, 5) is 15.9. The minimum atomic E-state index is -0.124. The van der Waals surface area contributed by atoms with Gasteiger partial charge in [-0.2, -0.15) is 0 Å². The van der Waals surface area contributed by atoms with Gasteiger partial charge in [0.25, 0.3) is 0 Å². The average Bonchev–Trinajstić information content (AvgIpc) is 2.64. The number of amides is 1. The molecule has 0 atom stereocenters. The molecular formula is C17H21N3O4. The quantitative estimate of drug-likeness (QED) is 0.768. The van der Waals surface area contributed by atoms with E-state index in [0.717, 1.165) is 5.56 Å². The Kier molecular flexibility index (Phi) is 6.24. The molecule has 7 heteroatoms. The molecule has 128 valence electrons. The third-order valence-corrected chi connectivity index (χ3v) is 3.36. The molecule has 0 aliphatic rings. The Hall–Kier alpha value is -2.96. The van der Waals surface area contributed by atoms with Crippen LogP contribution in [0.2, 0.25) is 0 Å². The number of benzene rings is 1. The van der Waals surface area contributed by atoms with Crippen molar-refractivity contribution in [2.75, 3.05) is 33.2 Å². The largest absolute Gasteiger partial charge is 0.493 e. The molecule has 0 saturated heterocycles. The normalized spacial score (nSPS) is 9.96. The van der Waals surface area contributed by atoms with Crippen molar-refractivity contribution in [3.05, 3.63) is 42.2 Å². The molecule has 7 nitrogen and oxygen atoms in total. The Morgan fingerprint density at radius 2 is 1.67 bits per heavy atom. The number of methoxy groups -OCH3 is 3. The summed E-state index contributed by atoms with van der Waals surface area (Å²) < 4.78 is 15.8. The van der Waals surface area contributed by atoms with Crippen LogP contribution in [0.3, 0.4) is 0 Å². The second-order valence-corrected chi connectivity index (χ2v) is 4.90. The van der Waals surface area contributed by atoms with Gasteiger partial charge in [-0.25, -0.2) is 0 Å². The van der Waals surface area contributed by atoms with Gasteiger partial charge in [-0.15, -0.1) is 0 Å². The van der Waals surface area contributed by atoms with E-state index in [4.69, 9.17) is 14.2 Å². The molecule has 1 aromatic heterocycles. The first kappa shape index (κ1) is 17.4. The molecule has 2 aromatic rings. The van der Waals surface area contributed by atoms with Crippen LogP contribution in [0.25, 0.3) is 0 Å². The van der Waals surface area contributed by atoms with Crippen LogP contribution in [0.5, 0.6) is 17.2 Å². The smallest absolute Gasteiger partial charge is 0.239 e. The van der Waals surface area contributed by atoms with Gasteiger partial charge in [0.1, 0.15) is 0 Å². The molecule has 0 unspecified atom stereocenters. The minimum absolute atomic E-state index is 0.124. The Labute approximate surface area is 140 Å². The lowest BCUT2D eigenvalue weighted by Gasteiger charge is -2.15. The second kappa shape index (κ2) is 8.61. The monoisotopic (exact) mass is 331 g/mol. The van der Waals surface area contributed by atoms with Gasteiger partial charge >= 0.3 is 0 Å². The van der Waals surface area contributed by atoms with Crippen molar-refractivity contribution in [1.82, 2.24) is 10.3 Å². The highest BCUT2D eigenvalue weighted by Gasteiger charge is 2.13. The Morgan fingerprint density at radius 1 is 1.04 bits per heavy atom. The fourth-order valence-corrected chi connectivity index (χ4v) is 2.13. The molecule has 24 heavy (non-hydrogen) atoms. The lowest BCUT2D eigenvalue weighted by molar-refractivity contribution is -0.119. The van der Waals surface area contributed by atoms with Crippen molar-refractivity contribution in [3.8, 4) is 17.2 Å². The first-order chi connectivity index (χ1) is 11.7. The number of nitrogens with zero attached hydrogens (tertiary/aromatic N) is 1. The number of nitrogens with one attached hydrogen (secondary N) is 2. The molecule has 0 fully saturated rings. The van der Waals surface area contributed by atoms with Crippen molar-refractivity contribution < 1.29 is 19.0 Å². The van der Waals surface area contributed by atoms with Crippen LogP contribution in [0, 0.1) is 0 Å². The van der Waals surface area contributed by atoms with Gasteiger partial charge in [-0.1, -0.05) is 0 Å². The van der Waals surface area contributed by atoms with Crippen molar-refractivity contribution >= 4 is 11.6 Å². The summed E-state index contributed by atoms with van der Waals surface area (Å²) in [6, 6.07) is 7.20. The summed E-state index contributed by atoms with van der Waals surface area (Å²) in [6.07, 6.45) is 3.38. The van der Waals surface area contributed by atoms with Crippen LogP contribution < -0.4 is 24.8 Å². The van der Waals surface area contributed by atoms with E-state index in [2.05, 4.69) is 15.6 Å². The number of pyridine rings is 1. The van der Waals surface area contributed by atoms with Gasteiger partial charge in [0.05, 0.1) is 27.9 Å². The van der Waals surface area contributed by atoms with E-state index in [1.54, 1.807) is 45.9 Å². The van der Waals surface area contributed by atoms with Crippen molar-refractivity contribution in [1.29, 1.82) is 0 Å². The molecule has 0 spiro atoms. The molecule has 0 aliphatic heterocycles. The van der Waals surface area contributed by atoms with Crippen LogP contribution in [-0.4, -0.2) is 38.8 Å². The lowest BCUT2D eigenvalue weighted by atomic mass is 10.2. The van der Waals surface area contributed by atoms with E-state index in [-0.39, 0.29) is 12.5 Å². The zero-order valence-electron chi connectivity index (χ0n) is 14.0. The van der Waals surface area contributed by atoms with Crippen LogP contribution in [-0.2, 0) is 11.3 Å². The van der Waals surface area contributed by atoms with Gasteiger partial charge < -0.3 is 24.8 Å². The van der Waals surface area contributed by atoms with E-state index >= 15 is 0 Å². The fraction of sp³-hybridized carbons (Fsp3) is 0.294. The third-order valence-electron chi connectivity index (χ3n) is 3.36. The van der Waals surface area contributed by atoms with Crippen LogP contribution in [0.4, 0.5) is 5.69 Å². The number of carbonyl (C=O) groups excluding carboxylic acids is 1. The standard InChI is InChI=1S/C17H21N3O4/c1-22-14-8-13(9-15(23-2)17(14)24-3)19-11-16(21)20-10-12-4-6-18-7-5-12/h4-9,19H,10-11H2,1-3H3,(H,20,21). The van der Waals surface area contributed by atoms with Gasteiger partial charge in [0.2, 0.25) is 11.7 Å². The summed E-state index contributed by atoms with van der Waals surface area (Å²) >= 11 is 0. The number of carbonyl (C=O) groups is 1. The number of hydrogen-bond donors (Lipinski definition) is 2. The molecule has 1 aromatic carbocycles. The minimum Gasteiger partial charge on any atom is -0.493 e. The van der Waals surface area contributed by atoms with Crippen LogP contribution in [0.15, 0.2) is 36.7 Å². The third kappa shape index (κ3) is 4.52. The summed E-state index contributed by atoms with van der Waals surface area (Å²) in [5, 5.41) is 5.87. The van der Waals surface area contributed by atoms with E-state index in [1.165, 1.54) is 0 Å². The number of rotatable bonds is 8. The molecule has 0 aliphatic carbocycles. The molecule has 0 saturated carbocycles. The van der Waals surface area contributed by atoms with Gasteiger partial charge in [-0.3, -0.25) is 9.78 Å². The molecule has 2 rings (SSSR count). The van der Waals surface area contributed by atoms with E-state index in [0.29, 0.717) is 29.5 Å². The van der Waals surface area contributed by atoms with Gasteiger partial charge in [0, 0.05) is 36.8 Å². The predicted octanol–water partition coefficient (Wildman–Crippen LogP) is 1.84. The maximum atomic E-state index is 11.9. The molecule has 0 radical (unpaired) electrons. The van der Waals surface area contributed by atoms with Gasteiger partial charge in [0.15, 0.2) is 11.5 Å². The SMILES string of the molecule is COc1cc(NCC(=O)NCc2ccncc2)cc(OC)c1OC. The number of aromatic nitrogens is 1. The molecular weight excluding hydrogens is 310 g/mol. The zero-order valence-corrected chi connectivity index (χ0v) is 14.0. The summed E-state index contributed by atoms with van der Waals surface area (Å²) in [5.41, 5.74) is 1.69. The lowest BCUT2D eigenvalue weighted by Crippen LogP contribution is -2.29. The maximum absolute atomic E-state index is 11.9. The number of hydrogen-bond acceptors (Lipinski definition) is 6. The van der Waals surface area contributed by atoms with E-state index < -0.39 is 0 Å². The Morgan fingerprint density at radius 3 is 2.21 bits per heavy atom. The van der Waals surface area contributed by atoms with Crippen molar-refractivity contribution in [3.63, 3.8) is 0 Å². The highest BCUT2D eigenvalue weighted by Crippen LogP contribution is 2.39. The van der Waals surface area contributed by atoms with E-state index in [9.17, 15) is 4.79 Å². The first-order valence-electron chi connectivity index (χ1n) is 7.37. The second-order valence-electron chi connectivity index (χ2n) is 4.90. The van der Waals surface area contributed by atoms with Crippen LogP contribution in [0.1, 0.15) is 5.56 Å². The van der Waals surface area contributed by atoms with Crippen LogP contribution >= 0.6 is 0 Å².